The summed E-state index contributed by atoms with van der Waals surface area (Å²) in [5.74, 6) is 1.07. The Hall–Kier alpha value is -3.15. The minimum Gasteiger partial charge on any atom is -0.489 e. The lowest BCUT2D eigenvalue weighted by Crippen LogP contribution is -2.43. The lowest BCUT2D eigenvalue weighted by atomic mass is 9.94. The van der Waals surface area contributed by atoms with E-state index in [9.17, 15) is 9.90 Å². The Kier molecular flexibility index (Phi) is 8.71. The van der Waals surface area contributed by atoms with E-state index < -0.39 is 0 Å². The number of ether oxygens (including phenoxy) is 1. The monoisotopic (exact) mass is 458 g/mol. The van der Waals surface area contributed by atoms with Gasteiger partial charge in [-0.25, -0.2) is 0 Å². The van der Waals surface area contributed by atoms with Crippen LogP contribution in [0.2, 0.25) is 0 Å². The van der Waals surface area contributed by atoms with Gasteiger partial charge in [0.1, 0.15) is 12.4 Å². The minimum absolute atomic E-state index is 0.0114. The fraction of sp³-hybridized carbons (Fsp3) is 0.345. The van der Waals surface area contributed by atoms with Crippen LogP contribution in [0.5, 0.6) is 5.75 Å². The van der Waals surface area contributed by atoms with Gasteiger partial charge in [-0.15, -0.1) is 0 Å². The first kappa shape index (κ1) is 24.0. The Balaban J connectivity index is 1.24. The molecule has 1 amide bonds. The number of piperidine rings is 1. The van der Waals surface area contributed by atoms with E-state index in [1.165, 1.54) is 5.56 Å². The Morgan fingerprint density at radius 1 is 0.853 bits per heavy atom. The summed E-state index contributed by atoms with van der Waals surface area (Å²) in [6.07, 6.45) is 1.71. The Bertz CT molecular complexity index is 1000. The molecular formula is C29H34N2O3. The maximum atomic E-state index is 13.1. The van der Waals surface area contributed by atoms with Gasteiger partial charge in [0.2, 0.25) is 5.91 Å². The fourth-order valence-corrected chi connectivity index (χ4v) is 4.48. The molecule has 1 aliphatic rings. The largest absolute Gasteiger partial charge is 0.489 e. The lowest BCUT2D eigenvalue weighted by Gasteiger charge is -2.34. The van der Waals surface area contributed by atoms with Gasteiger partial charge in [-0.05, 0) is 54.8 Å². The van der Waals surface area contributed by atoms with Gasteiger partial charge in [-0.3, -0.25) is 9.69 Å². The second-order valence-electron chi connectivity index (χ2n) is 8.94. The predicted molar refractivity (Wildman–Crippen MR) is 134 cm³/mol. The highest BCUT2D eigenvalue weighted by atomic mass is 16.5. The predicted octanol–water partition coefficient (Wildman–Crippen LogP) is 4.50. The van der Waals surface area contributed by atoms with Gasteiger partial charge in [0.05, 0.1) is 6.61 Å². The van der Waals surface area contributed by atoms with Crippen LogP contribution in [0.15, 0.2) is 84.9 Å². The summed E-state index contributed by atoms with van der Waals surface area (Å²) >= 11 is 0. The Morgan fingerprint density at radius 3 is 2.09 bits per heavy atom. The molecule has 0 saturated carbocycles. The van der Waals surface area contributed by atoms with Crippen molar-refractivity contribution < 1.29 is 14.6 Å². The van der Waals surface area contributed by atoms with Crippen molar-refractivity contribution in [3.8, 4) is 5.75 Å². The highest BCUT2D eigenvalue weighted by Crippen LogP contribution is 2.23. The van der Waals surface area contributed by atoms with E-state index in [-0.39, 0.29) is 18.4 Å². The van der Waals surface area contributed by atoms with E-state index in [0.717, 1.165) is 49.4 Å². The molecule has 178 valence electrons. The van der Waals surface area contributed by atoms with Gasteiger partial charge in [0, 0.05) is 25.6 Å². The second kappa shape index (κ2) is 12.4. The summed E-state index contributed by atoms with van der Waals surface area (Å²) < 4.78 is 5.89. The maximum Gasteiger partial charge on any atom is 0.226 e. The average molecular weight is 459 g/mol. The van der Waals surface area contributed by atoms with E-state index in [0.29, 0.717) is 19.7 Å². The number of likely N-dealkylation sites (tertiary alicyclic amines) is 1. The molecule has 0 atom stereocenters. The summed E-state index contributed by atoms with van der Waals surface area (Å²) in [4.78, 5) is 17.4. The Morgan fingerprint density at radius 2 is 1.47 bits per heavy atom. The zero-order valence-electron chi connectivity index (χ0n) is 19.7. The van der Waals surface area contributed by atoms with Crippen LogP contribution in [0.4, 0.5) is 0 Å². The summed E-state index contributed by atoms with van der Waals surface area (Å²) in [6, 6.07) is 28.5. The molecule has 3 aromatic rings. The van der Waals surface area contributed by atoms with E-state index in [4.69, 9.17) is 4.74 Å². The smallest absolute Gasteiger partial charge is 0.226 e. The molecule has 0 radical (unpaired) electrons. The van der Waals surface area contributed by atoms with Crippen molar-refractivity contribution in [1.82, 2.24) is 9.80 Å². The van der Waals surface area contributed by atoms with Crippen molar-refractivity contribution in [3.05, 3.63) is 102 Å². The molecule has 4 rings (SSSR count). The van der Waals surface area contributed by atoms with Crippen molar-refractivity contribution in [3.63, 3.8) is 0 Å². The number of aliphatic hydroxyl groups excluding tert-OH is 1. The number of nitrogens with zero attached hydrogens (tertiary/aromatic N) is 2. The van der Waals surface area contributed by atoms with Gasteiger partial charge < -0.3 is 14.7 Å². The molecule has 1 fully saturated rings. The van der Waals surface area contributed by atoms with Crippen LogP contribution in [0.25, 0.3) is 0 Å². The summed E-state index contributed by atoms with van der Waals surface area (Å²) in [6.45, 7) is 4.18. The first-order chi connectivity index (χ1) is 16.7. The molecule has 0 bridgehead atoms. The molecule has 0 unspecified atom stereocenters. The molecule has 3 aromatic carbocycles. The summed E-state index contributed by atoms with van der Waals surface area (Å²) in [7, 11) is 0. The average Bonchev–Trinajstić information content (AvgIpc) is 2.89. The zero-order valence-corrected chi connectivity index (χ0v) is 19.7. The highest BCUT2D eigenvalue weighted by Gasteiger charge is 2.28. The number of amides is 1. The van der Waals surface area contributed by atoms with Crippen molar-refractivity contribution in [2.24, 2.45) is 5.92 Å². The molecular weight excluding hydrogens is 424 g/mol. The van der Waals surface area contributed by atoms with E-state index in [2.05, 4.69) is 29.2 Å². The SMILES string of the molecule is O=C(C1CCN(Cc2ccc(OCc3ccccc3)cc2)CC1)N(CCO)Cc1ccccc1. The Labute approximate surface area is 202 Å². The van der Waals surface area contributed by atoms with E-state index in [1.807, 2.05) is 65.6 Å². The van der Waals surface area contributed by atoms with Crippen LogP contribution in [0.1, 0.15) is 29.5 Å². The maximum absolute atomic E-state index is 13.1. The third-order valence-corrected chi connectivity index (χ3v) is 6.41. The van der Waals surface area contributed by atoms with Crippen molar-refractivity contribution in [1.29, 1.82) is 0 Å². The molecule has 0 spiro atoms. The number of benzene rings is 3. The first-order valence-electron chi connectivity index (χ1n) is 12.1. The number of carbonyl (C=O) groups is 1. The molecule has 1 N–H and O–H groups in total. The molecule has 1 heterocycles. The fourth-order valence-electron chi connectivity index (χ4n) is 4.48. The van der Waals surface area contributed by atoms with Crippen molar-refractivity contribution in [2.75, 3.05) is 26.2 Å². The number of hydrogen-bond acceptors (Lipinski definition) is 4. The first-order valence-corrected chi connectivity index (χ1v) is 12.1. The highest BCUT2D eigenvalue weighted by molar-refractivity contribution is 5.79. The number of carbonyl (C=O) groups excluding carboxylic acids is 1. The third-order valence-electron chi connectivity index (χ3n) is 6.41. The summed E-state index contributed by atoms with van der Waals surface area (Å²) in [5.41, 5.74) is 3.51. The standard InChI is InChI=1S/C29H34N2O3/c32-20-19-31(22-24-7-3-1-4-8-24)29(33)27-15-17-30(18-16-27)21-25-11-13-28(14-12-25)34-23-26-9-5-2-6-10-26/h1-14,27,32H,15-23H2. The summed E-state index contributed by atoms with van der Waals surface area (Å²) in [5, 5.41) is 9.47. The van der Waals surface area contributed by atoms with Gasteiger partial charge >= 0.3 is 0 Å². The molecule has 1 saturated heterocycles. The molecule has 0 aromatic heterocycles. The molecule has 0 aliphatic carbocycles. The number of hydrogen-bond donors (Lipinski definition) is 1. The minimum atomic E-state index is -0.0114. The van der Waals surface area contributed by atoms with Crippen LogP contribution < -0.4 is 4.74 Å². The van der Waals surface area contributed by atoms with Crippen LogP contribution in [0.3, 0.4) is 0 Å². The van der Waals surface area contributed by atoms with Crippen molar-refractivity contribution in [2.45, 2.75) is 32.5 Å². The number of aliphatic hydroxyl groups is 1. The molecule has 5 nitrogen and oxygen atoms in total. The quantitative estimate of drug-likeness (QED) is 0.486. The zero-order chi connectivity index (χ0) is 23.6. The number of rotatable bonds is 10. The topological polar surface area (TPSA) is 53.0 Å². The van der Waals surface area contributed by atoms with E-state index in [1.54, 1.807) is 0 Å². The van der Waals surface area contributed by atoms with E-state index >= 15 is 0 Å². The van der Waals surface area contributed by atoms with Crippen LogP contribution in [0, 0.1) is 5.92 Å². The molecule has 1 aliphatic heterocycles. The van der Waals surface area contributed by atoms with Gasteiger partial charge in [0.15, 0.2) is 0 Å². The molecule has 5 heteroatoms. The van der Waals surface area contributed by atoms with Gasteiger partial charge in [-0.1, -0.05) is 72.8 Å². The van der Waals surface area contributed by atoms with Crippen molar-refractivity contribution >= 4 is 5.91 Å². The van der Waals surface area contributed by atoms with Crippen LogP contribution in [-0.2, 0) is 24.5 Å². The van der Waals surface area contributed by atoms with Crippen LogP contribution >= 0.6 is 0 Å². The third kappa shape index (κ3) is 6.92. The lowest BCUT2D eigenvalue weighted by molar-refractivity contribution is -0.138. The normalized spacial score (nSPS) is 14.6. The van der Waals surface area contributed by atoms with Gasteiger partial charge in [-0.2, -0.15) is 0 Å². The van der Waals surface area contributed by atoms with Gasteiger partial charge in [0.25, 0.3) is 0 Å². The second-order valence-corrected chi connectivity index (χ2v) is 8.94. The van der Waals surface area contributed by atoms with Crippen LogP contribution in [-0.4, -0.2) is 47.1 Å². The molecule has 34 heavy (non-hydrogen) atoms.